The first kappa shape index (κ1) is 16.9. The molecule has 1 unspecified atom stereocenters. The maximum Gasteiger partial charge on any atom is 0.404 e. The lowest BCUT2D eigenvalue weighted by molar-refractivity contribution is 0.188. The Kier molecular flexibility index (Phi) is 4.15. The first-order valence-electron chi connectivity index (χ1n) is 8.32. The number of pyridine rings is 1. The highest BCUT2D eigenvalue weighted by molar-refractivity contribution is 5.72. The molecule has 0 aliphatic heterocycles. The van der Waals surface area contributed by atoms with E-state index in [0.717, 1.165) is 11.3 Å². The normalized spacial score (nSPS) is 16.0. The summed E-state index contributed by atoms with van der Waals surface area (Å²) in [5.74, 6) is 0.556. The van der Waals surface area contributed by atoms with E-state index in [0.29, 0.717) is 36.3 Å². The topological polar surface area (TPSA) is 132 Å². The first-order chi connectivity index (χ1) is 13.0. The molecule has 1 aliphatic carbocycles. The number of fused-ring (bicyclic) bond motifs is 2. The highest BCUT2D eigenvalue weighted by Gasteiger charge is 2.22. The Balaban J connectivity index is 1.78. The van der Waals surface area contributed by atoms with Crippen LogP contribution in [-0.2, 0) is 12.8 Å². The molecule has 0 spiro atoms. The van der Waals surface area contributed by atoms with Gasteiger partial charge in [-0.05, 0) is 30.9 Å². The van der Waals surface area contributed by atoms with E-state index in [9.17, 15) is 9.59 Å². The average molecular weight is 368 g/mol. The smallest absolute Gasteiger partial charge is 0.404 e. The maximum atomic E-state index is 12.4. The van der Waals surface area contributed by atoms with Crippen LogP contribution < -0.4 is 15.6 Å². The number of hydrogen-bond donors (Lipinski definition) is 2. The zero-order valence-corrected chi connectivity index (χ0v) is 14.4. The highest BCUT2D eigenvalue weighted by Crippen LogP contribution is 2.21. The number of rotatable bonds is 3. The predicted molar refractivity (Wildman–Crippen MR) is 94.3 cm³/mol. The number of nitrogens with zero attached hydrogens (tertiary/aromatic N) is 5. The molecule has 0 bridgehead atoms. The number of carbonyl (C=O) groups is 1. The lowest BCUT2D eigenvalue weighted by Crippen LogP contribution is -2.38. The highest BCUT2D eigenvalue weighted by atomic mass is 16.5. The Labute approximate surface area is 152 Å². The second-order valence-electron chi connectivity index (χ2n) is 6.16. The number of aryl methyl sites for hydroxylation is 1. The third kappa shape index (κ3) is 3.16. The Morgan fingerprint density at radius 3 is 2.93 bits per heavy atom. The second-order valence-corrected chi connectivity index (χ2v) is 6.16. The van der Waals surface area contributed by atoms with E-state index in [2.05, 4.69) is 25.3 Å². The van der Waals surface area contributed by atoms with Gasteiger partial charge in [0, 0.05) is 24.0 Å². The molecular weight excluding hydrogens is 352 g/mol. The van der Waals surface area contributed by atoms with Gasteiger partial charge in [-0.25, -0.2) is 24.3 Å². The van der Waals surface area contributed by atoms with Gasteiger partial charge < -0.3 is 15.2 Å². The molecule has 4 rings (SSSR count). The Morgan fingerprint density at radius 1 is 1.30 bits per heavy atom. The summed E-state index contributed by atoms with van der Waals surface area (Å²) in [5.41, 5.74) is 2.08. The number of hydrogen-bond acceptors (Lipinski definition) is 7. The van der Waals surface area contributed by atoms with Gasteiger partial charge in [0.05, 0.1) is 13.3 Å². The van der Waals surface area contributed by atoms with Gasteiger partial charge in [-0.15, -0.1) is 0 Å². The van der Waals surface area contributed by atoms with Crippen molar-refractivity contribution in [3.63, 3.8) is 0 Å². The van der Waals surface area contributed by atoms with Crippen molar-refractivity contribution in [1.82, 2.24) is 29.8 Å². The largest absolute Gasteiger partial charge is 0.481 e. The van der Waals surface area contributed by atoms with Crippen molar-refractivity contribution in [3.8, 4) is 11.8 Å². The molecule has 3 aromatic heterocycles. The van der Waals surface area contributed by atoms with E-state index in [1.165, 1.54) is 17.9 Å². The third-order valence-corrected chi connectivity index (χ3v) is 4.45. The fourth-order valence-corrected chi connectivity index (χ4v) is 3.19. The molecule has 1 atom stereocenters. The van der Waals surface area contributed by atoms with Crippen LogP contribution in [0.15, 0.2) is 29.3 Å². The summed E-state index contributed by atoms with van der Waals surface area (Å²) in [4.78, 5) is 40.5. The van der Waals surface area contributed by atoms with Gasteiger partial charge in [-0.3, -0.25) is 4.79 Å². The number of aromatic nitrogens is 5. The van der Waals surface area contributed by atoms with E-state index in [1.54, 1.807) is 18.3 Å². The number of amides is 1. The van der Waals surface area contributed by atoms with Crippen molar-refractivity contribution in [3.05, 3.63) is 46.1 Å². The summed E-state index contributed by atoms with van der Waals surface area (Å²) in [7, 11) is 1.49. The zero-order chi connectivity index (χ0) is 19.0. The van der Waals surface area contributed by atoms with Crippen molar-refractivity contribution in [2.75, 3.05) is 7.11 Å². The molecule has 0 aromatic carbocycles. The van der Waals surface area contributed by atoms with E-state index in [4.69, 9.17) is 9.84 Å². The van der Waals surface area contributed by atoms with Crippen molar-refractivity contribution < 1.29 is 14.6 Å². The zero-order valence-electron chi connectivity index (χ0n) is 14.4. The Hall–Kier alpha value is -3.56. The lowest BCUT2D eigenvalue weighted by atomic mass is 9.93. The summed E-state index contributed by atoms with van der Waals surface area (Å²) in [6.45, 7) is 0. The van der Waals surface area contributed by atoms with E-state index in [-0.39, 0.29) is 12.0 Å². The van der Waals surface area contributed by atoms with Crippen LogP contribution in [0.5, 0.6) is 5.88 Å². The number of methoxy groups -OCH3 is 1. The molecule has 0 fully saturated rings. The summed E-state index contributed by atoms with van der Waals surface area (Å²) >= 11 is 0. The molecular formula is C17H16N6O4. The van der Waals surface area contributed by atoms with Gasteiger partial charge in [0.25, 0.3) is 5.56 Å². The molecule has 0 saturated carbocycles. The number of carboxylic acid groups (broad SMARTS) is 1. The van der Waals surface area contributed by atoms with Gasteiger partial charge in [0.2, 0.25) is 11.8 Å². The van der Waals surface area contributed by atoms with E-state index in [1.807, 2.05) is 0 Å². The van der Waals surface area contributed by atoms with Crippen LogP contribution in [0.3, 0.4) is 0 Å². The average Bonchev–Trinajstić information content (AvgIpc) is 2.66. The monoisotopic (exact) mass is 368 g/mol. The van der Waals surface area contributed by atoms with Gasteiger partial charge in [-0.2, -0.15) is 4.98 Å². The Morgan fingerprint density at radius 2 is 2.15 bits per heavy atom. The molecule has 3 aromatic rings. The molecule has 10 heteroatoms. The molecule has 10 nitrogen and oxygen atoms in total. The number of ether oxygens (including phenoxy) is 1. The minimum Gasteiger partial charge on any atom is -0.481 e. The van der Waals surface area contributed by atoms with Crippen molar-refractivity contribution >= 4 is 17.3 Å². The van der Waals surface area contributed by atoms with Crippen LogP contribution in [0.4, 0.5) is 4.79 Å². The van der Waals surface area contributed by atoms with Crippen LogP contribution in [0.25, 0.3) is 17.1 Å². The van der Waals surface area contributed by atoms with Gasteiger partial charge in [0.1, 0.15) is 5.52 Å². The molecule has 1 amide bonds. The fraction of sp³-hybridized carbons (Fsp3) is 0.294. The second kappa shape index (κ2) is 6.63. The molecule has 0 saturated heterocycles. The fourth-order valence-electron chi connectivity index (χ4n) is 3.19. The first-order valence-corrected chi connectivity index (χ1v) is 8.32. The molecule has 3 heterocycles. The van der Waals surface area contributed by atoms with Crippen LogP contribution in [0.2, 0.25) is 0 Å². The maximum absolute atomic E-state index is 12.4. The summed E-state index contributed by atoms with van der Waals surface area (Å²) < 4.78 is 6.44. The van der Waals surface area contributed by atoms with Crippen molar-refractivity contribution in [2.24, 2.45) is 0 Å². The quantitative estimate of drug-likeness (QED) is 0.690. The van der Waals surface area contributed by atoms with Crippen LogP contribution in [0, 0.1) is 0 Å². The predicted octanol–water partition coefficient (Wildman–Crippen LogP) is 0.704. The molecule has 1 aliphatic rings. The lowest BCUT2D eigenvalue weighted by Gasteiger charge is -2.23. The standard InChI is InChI=1S/C17H16N6O4/c1-27-13-5-4-12-15(22-13)23(14(24)8-18-12)16-19-7-9-6-10(20-17(25)26)2-3-11(9)21-16/h4-5,7-8,10,20H,2-3,6H2,1H3,(H,25,26). The van der Waals surface area contributed by atoms with Crippen LogP contribution in [-0.4, -0.2) is 48.9 Å². The van der Waals surface area contributed by atoms with E-state index >= 15 is 0 Å². The molecule has 138 valence electrons. The van der Waals surface area contributed by atoms with Crippen molar-refractivity contribution in [1.29, 1.82) is 0 Å². The van der Waals surface area contributed by atoms with Gasteiger partial charge >= 0.3 is 6.09 Å². The SMILES string of the molecule is COc1ccc2ncc(=O)n(-c3ncc4c(n3)CCC(NC(=O)O)C4)c2n1. The van der Waals surface area contributed by atoms with Gasteiger partial charge in [0.15, 0.2) is 5.65 Å². The minimum atomic E-state index is -1.05. The summed E-state index contributed by atoms with van der Waals surface area (Å²) in [5, 5.41) is 11.4. The Bertz CT molecular complexity index is 1100. The van der Waals surface area contributed by atoms with Gasteiger partial charge in [-0.1, -0.05) is 0 Å². The molecule has 0 radical (unpaired) electrons. The number of nitrogens with one attached hydrogen (secondary N) is 1. The molecule has 27 heavy (non-hydrogen) atoms. The van der Waals surface area contributed by atoms with E-state index < -0.39 is 11.7 Å². The molecule has 2 N–H and O–H groups in total. The summed E-state index contributed by atoms with van der Waals surface area (Å²) in [6.07, 6.45) is 3.52. The van der Waals surface area contributed by atoms with Crippen LogP contribution in [0.1, 0.15) is 17.7 Å². The summed E-state index contributed by atoms with van der Waals surface area (Å²) in [6, 6.07) is 3.20. The third-order valence-electron chi connectivity index (χ3n) is 4.45. The minimum absolute atomic E-state index is 0.167. The van der Waals surface area contributed by atoms with Crippen molar-refractivity contribution in [2.45, 2.75) is 25.3 Å². The van der Waals surface area contributed by atoms with Crippen LogP contribution >= 0.6 is 0 Å².